The second-order valence-electron chi connectivity index (χ2n) is 4.87. The highest BCUT2D eigenvalue weighted by Gasteiger charge is 2.35. The lowest BCUT2D eigenvalue weighted by atomic mass is 10.2. The lowest BCUT2D eigenvalue weighted by Gasteiger charge is -2.09. The number of aromatic nitrogens is 2. The Kier molecular flexibility index (Phi) is 3.56. The maximum Gasteiger partial charge on any atom is 0.434 e. The summed E-state index contributed by atoms with van der Waals surface area (Å²) in [4.78, 5) is 15.2. The van der Waals surface area contributed by atoms with Gasteiger partial charge in [0, 0.05) is 12.0 Å². The zero-order valence-electron chi connectivity index (χ0n) is 10.9. The van der Waals surface area contributed by atoms with Gasteiger partial charge in [0.15, 0.2) is 5.69 Å². The Bertz CT molecular complexity index is 726. The van der Waals surface area contributed by atoms with Crippen molar-refractivity contribution in [3.63, 3.8) is 0 Å². The average Bonchev–Trinajstić information content (AvgIpc) is 3.17. The summed E-state index contributed by atoms with van der Waals surface area (Å²) in [6.45, 7) is 0. The molecule has 0 spiro atoms. The highest BCUT2D eigenvalue weighted by Crippen LogP contribution is 2.39. The van der Waals surface area contributed by atoms with Crippen LogP contribution in [0.5, 0.6) is 0 Å². The van der Waals surface area contributed by atoms with Crippen molar-refractivity contribution >= 4 is 23.3 Å². The summed E-state index contributed by atoms with van der Waals surface area (Å²) in [5, 5.41) is 5.44. The molecule has 1 amide bonds. The molecule has 1 saturated carbocycles. The van der Waals surface area contributed by atoms with Crippen LogP contribution in [0.2, 0.25) is 5.02 Å². The maximum atomic E-state index is 12.7. The number of hydrogen-bond acceptors (Lipinski definition) is 4. The number of pyridine rings is 1. The minimum atomic E-state index is -4.71. The summed E-state index contributed by atoms with van der Waals surface area (Å²) in [5.74, 6) is -0.767. The van der Waals surface area contributed by atoms with Crippen LogP contribution in [0.1, 0.15) is 40.7 Å². The number of alkyl halides is 3. The number of anilines is 1. The number of amides is 1. The first-order chi connectivity index (χ1) is 10.3. The predicted octanol–water partition coefficient (Wildman–Crippen LogP) is 3.87. The van der Waals surface area contributed by atoms with E-state index in [-0.39, 0.29) is 11.6 Å². The van der Waals surface area contributed by atoms with Crippen LogP contribution in [0.15, 0.2) is 22.7 Å². The van der Waals surface area contributed by atoms with Crippen molar-refractivity contribution in [2.75, 3.05) is 5.32 Å². The Balaban J connectivity index is 1.78. The van der Waals surface area contributed by atoms with Gasteiger partial charge in [-0.15, -0.1) is 0 Å². The van der Waals surface area contributed by atoms with Crippen molar-refractivity contribution in [1.82, 2.24) is 10.1 Å². The molecule has 0 aromatic carbocycles. The topological polar surface area (TPSA) is 68.0 Å². The first kappa shape index (κ1) is 14.8. The molecule has 1 aliphatic rings. The van der Waals surface area contributed by atoms with Gasteiger partial charge in [-0.1, -0.05) is 16.8 Å². The van der Waals surface area contributed by atoms with Gasteiger partial charge in [0.2, 0.25) is 5.76 Å². The fourth-order valence-corrected chi connectivity index (χ4v) is 2.07. The molecule has 2 aromatic heterocycles. The summed E-state index contributed by atoms with van der Waals surface area (Å²) in [5.41, 5.74) is -0.589. The highest BCUT2D eigenvalue weighted by atomic mass is 35.5. The van der Waals surface area contributed by atoms with Gasteiger partial charge < -0.3 is 9.84 Å². The van der Waals surface area contributed by atoms with Crippen LogP contribution in [0.4, 0.5) is 19.0 Å². The van der Waals surface area contributed by atoms with Gasteiger partial charge in [-0.25, -0.2) is 4.98 Å². The largest absolute Gasteiger partial charge is 0.434 e. The fraction of sp³-hybridized carbons (Fsp3) is 0.308. The van der Waals surface area contributed by atoms with E-state index in [0.29, 0.717) is 11.6 Å². The van der Waals surface area contributed by atoms with E-state index in [9.17, 15) is 18.0 Å². The summed E-state index contributed by atoms with van der Waals surface area (Å²) in [7, 11) is 0. The van der Waals surface area contributed by atoms with Crippen LogP contribution in [0.3, 0.4) is 0 Å². The van der Waals surface area contributed by atoms with Crippen molar-refractivity contribution in [1.29, 1.82) is 0 Å². The van der Waals surface area contributed by atoms with Gasteiger partial charge >= 0.3 is 6.18 Å². The zero-order valence-corrected chi connectivity index (χ0v) is 11.7. The van der Waals surface area contributed by atoms with E-state index in [1.54, 1.807) is 0 Å². The van der Waals surface area contributed by atoms with Crippen molar-refractivity contribution in [3.05, 3.63) is 40.4 Å². The van der Waals surface area contributed by atoms with Gasteiger partial charge in [0.05, 0.1) is 10.7 Å². The third-order valence-electron chi connectivity index (χ3n) is 3.10. The van der Waals surface area contributed by atoms with Gasteiger partial charge in [0.1, 0.15) is 5.82 Å². The molecule has 0 aliphatic heterocycles. The summed E-state index contributed by atoms with van der Waals surface area (Å²) < 4.78 is 43.0. The Morgan fingerprint density at radius 3 is 2.73 bits per heavy atom. The van der Waals surface area contributed by atoms with E-state index < -0.39 is 22.8 Å². The van der Waals surface area contributed by atoms with Crippen molar-refractivity contribution in [3.8, 4) is 0 Å². The molecule has 0 atom stereocenters. The van der Waals surface area contributed by atoms with Crippen LogP contribution in [0.25, 0.3) is 0 Å². The van der Waals surface area contributed by atoms with E-state index in [1.165, 1.54) is 12.1 Å². The summed E-state index contributed by atoms with van der Waals surface area (Å²) in [6, 6.07) is 3.67. The van der Waals surface area contributed by atoms with E-state index in [1.807, 2.05) is 0 Å². The molecule has 0 radical (unpaired) electrons. The van der Waals surface area contributed by atoms with Crippen molar-refractivity contribution in [2.45, 2.75) is 24.9 Å². The molecule has 2 heterocycles. The van der Waals surface area contributed by atoms with Crippen LogP contribution in [-0.4, -0.2) is 16.0 Å². The van der Waals surface area contributed by atoms with Crippen LogP contribution in [-0.2, 0) is 6.18 Å². The smallest absolute Gasteiger partial charge is 0.351 e. The van der Waals surface area contributed by atoms with Crippen molar-refractivity contribution in [2.24, 2.45) is 0 Å². The Labute approximate surface area is 127 Å². The zero-order chi connectivity index (χ0) is 15.9. The van der Waals surface area contributed by atoms with Crippen LogP contribution >= 0.6 is 11.6 Å². The third-order valence-corrected chi connectivity index (χ3v) is 3.41. The van der Waals surface area contributed by atoms with Gasteiger partial charge in [-0.3, -0.25) is 4.79 Å². The molecular formula is C13H9ClF3N3O2. The molecule has 5 nitrogen and oxygen atoms in total. The second kappa shape index (κ2) is 5.28. The standard InChI is InChI=1S/C13H9ClF3N3O2/c14-7-3-4-10(18-11(7)13(15,16)17)19-12(21)9-5-8(20-22-9)6-1-2-6/h3-6H,1-2H2,(H,18,19,21). The average molecular weight is 332 g/mol. The lowest BCUT2D eigenvalue weighted by molar-refractivity contribution is -0.141. The Morgan fingerprint density at radius 2 is 2.09 bits per heavy atom. The van der Waals surface area contributed by atoms with Crippen molar-refractivity contribution < 1.29 is 22.5 Å². The number of hydrogen-bond donors (Lipinski definition) is 1. The molecule has 116 valence electrons. The summed E-state index contributed by atoms with van der Waals surface area (Å²) >= 11 is 5.46. The molecule has 0 saturated heterocycles. The third kappa shape index (κ3) is 3.06. The number of halogens is 4. The molecule has 3 rings (SSSR count). The molecule has 1 aliphatic carbocycles. The summed E-state index contributed by atoms with van der Waals surface area (Å²) in [6.07, 6.45) is -2.73. The van der Waals surface area contributed by atoms with E-state index in [4.69, 9.17) is 16.1 Å². The van der Waals surface area contributed by atoms with Crippen LogP contribution in [0, 0.1) is 0 Å². The monoisotopic (exact) mass is 331 g/mol. The number of nitrogens with one attached hydrogen (secondary N) is 1. The number of nitrogens with zero attached hydrogens (tertiary/aromatic N) is 2. The minimum absolute atomic E-state index is 0.0767. The quantitative estimate of drug-likeness (QED) is 0.927. The van der Waals surface area contributed by atoms with Gasteiger partial charge in [-0.05, 0) is 25.0 Å². The molecule has 1 fully saturated rings. The fourth-order valence-electron chi connectivity index (χ4n) is 1.86. The molecule has 9 heteroatoms. The Hall–Kier alpha value is -2.09. The second-order valence-corrected chi connectivity index (χ2v) is 5.28. The Morgan fingerprint density at radius 1 is 1.36 bits per heavy atom. The molecule has 0 unspecified atom stereocenters. The predicted molar refractivity (Wildman–Crippen MR) is 70.7 cm³/mol. The van der Waals surface area contributed by atoms with E-state index in [2.05, 4.69) is 15.5 Å². The molecule has 22 heavy (non-hydrogen) atoms. The lowest BCUT2D eigenvalue weighted by Crippen LogP contribution is -2.15. The molecule has 0 bridgehead atoms. The first-order valence-electron chi connectivity index (χ1n) is 6.36. The molecule has 1 N–H and O–H groups in total. The first-order valence-corrected chi connectivity index (χ1v) is 6.74. The number of carbonyl (C=O) groups excluding carboxylic acids is 1. The number of rotatable bonds is 3. The molecular weight excluding hydrogens is 323 g/mol. The van der Waals surface area contributed by atoms with E-state index >= 15 is 0 Å². The highest BCUT2D eigenvalue weighted by molar-refractivity contribution is 6.31. The minimum Gasteiger partial charge on any atom is -0.351 e. The van der Waals surface area contributed by atoms with E-state index in [0.717, 1.165) is 18.9 Å². The van der Waals surface area contributed by atoms with Crippen LogP contribution < -0.4 is 5.32 Å². The maximum absolute atomic E-state index is 12.7. The van der Waals surface area contributed by atoms with Gasteiger partial charge in [0.25, 0.3) is 5.91 Å². The number of carbonyl (C=O) groups is 1. The normalized spacial score (nSPS) is 14.9. The van der Waals surface area contributed by atoms with Gasteiger partial charge in [-0.2, -0.15) is 13.2 Å². The SMILES string of the molecule is O=C(Nc1ccc(Cl)c(C(F)(F)F)n1)c1cc(C2CC2)no1. The molecule has 2 aromatic rings.